The monoisotopic (exact) mass is 211 g/mol. The van der Waals surface area contributed by atoms with Gasteiger partial charge in [-0.1, -0.05) is 0 Å². The Morgan fingerprint density at radius 3 is 2.71 bits per heavy atom. The number of thiophene rings is 1. The van der Waals surface area contributed by atoms with Crippen molar-refractivity contribution in [2.24, 2.45) is 5.92 Å². The lowest BCUT2D eigenvalue weighted by molar-refractivity contribution is -0.142. The number of carboxylic acids is 1. The fourth-order valence-corrected chi connectivity index (χ4v) is 2.58. The first-order chi connectivity index (χ1) is 6.77. The summed E-state index contributed by atoms with van der Waals surface area (Å²) < 4.78 is 0. The topological polar surface area (TPSA) is 40.5 Å². The van der Waals surface area contributed by atoms with Crippen LogP contribution in [0.1, 0.15) is 12.8 Å². The predicted octanol–water partition coefficient (Wildman–Crippen LogP) is 2.05. The van der Waals surface area contributed by atoms with E-state index in [0.717, 1.165) is 25.9 Å². The van der Waals surface area contributed by atoms with E-state index in [2.05, 4.69) is 16.3 Å². The molecule has 0 spiro atoms. The van der Waals surface area contributed by atoms with Crippen LogP contribution in [0.3, 0.4) is 0 Å². The van der Waals surface area contributed by atoms with E-state index >= 15 is 0 Å². The van der Waals surface area contributed by atoms with Crippen LogP contribution in [0.5, 0.6) is 0 Å². The molecule has 0 unspecified atom stereocenters. The van der Waals surface area contributed by atoms with Gasteiger partial charge in [0.15, 0.2) is 0 Å². The number of hydrogen-bond donors (Lipinski definition) is 1. The van der Waals surface area contributed by atoms with E-state index in [0.29, 0.717) is 0 Å². The number of hydrogen-bond acceptors (Lipinski definition) is 3. The van der Waals surface area contributed by atoms with Crippen molar-refractivity contribution in [3.8, 4) is 0 Å². The van der Waals surface area contributed by atoms with Crippen LogP contribution in [-0.2, 0) is 4.79 Å². The standard InChI is InChI=1S/C10H13NO2S/c12-10(13)8-3-5-11(6-4-8)9-2-1-7-14-9/h1-2,7-8H,3-6H2,(H,12,13). The molecule has 14 heavy (non-hydrogen) atoms. The summed E-state index contributed by atoms with van der Waals surface area (Å²) in [5.41, 5.74) is 0. The molecule has 1 aromatic heterocycles. The molecule has 0 aliphatic carbocycles. The van der Waals surface area contributed by atoms with Crippen LogP contribution in [0, 0.1) is 5.92 Å². The van der Waals surface area contributed by atoms with Gasteiger partial charge in [-0.05, 0) is 30.4 Å². The van der Waals surface area contributed by atoms with Crippen molar-refractivity contribution in [2.75, 3.05) is 18.0 Å². The van der Waals surface area contributed by atoms with E-state index in [1.54, 1.807) is 11.3 Å². The van der Waals surface area contributed by atoms with Gasteiger partial charge in [0.2, 0.25) is 0 Å². The van der Waals surface area contributed by atoms with E-state index in [1.807, 2.05) is 6.07 Å². The first-order valence-electron chi connectivity index (χ1n) is 4.78. The van der Waals surface area contributed by atoms with Gasteiger partial charge in [-0.25, -0.2) is 0 Å². The van der Waals surface area contributed by atoms with E-state index in [9.17, 15) is 4.79 Å². The first kappa shape index (κ1) is 9.52. The average molecular weight is 211 g/mol. The Balaban J connectivity index is 1.93. The molecule has 1 aromatic rings. The second-order valence-electron chi connectivity index (χ2n) is 3.55. The second kappa shape index (κ2) is 4.00. The highest BCUT2D eigenvalue weighted by Gasteiger charge is 2.24. The number of piperidine rings is 1. The van der Waals surface area contributed by atoms with Crippen molar-refractivity contribution >= 4 is 22.3 Å². The summed E-state index contributed by atoms with van der Waals surface area (Å²) in [6.45, 7) is 1.74. The zero-order valence-electron chi connectivity index (χ0n) is 7.85. The van der Waals surface area contributed by atoms with Crippen LogP contribution >= 0.6 is 11.3 Å². The highest BCUT2D eigenvalue weighted by molar-refractivity contribution is 7.14. The molecule has 0 bridgehead atoms. The third-order valence-corrected chi connectivity index (χ3v) is 3.59. The molecule has 2 heterocycles. The summed E-state index contributed by atoms with van der Waals surface area (Å²) in [4.78, 5) is 13.0. The van der Waals surface area contributed by atoms with Gasteiger partial charge >= 0.3 is 5.97 Å². The number of aliphatic carboxylic acids is 1. The van der Waals surface area contributed by atoms with Gasteiger partial charge in [-0.3, -0.25) is 4.79 Å². The van der Waals surface area contributed by atoms with E-state index in [-0.39, 0.29) is 5.92 Å². The van der Waals surface area contributed by atoms with E-state index in [4.69, 9.17) is 5.11 Å². The molecule has 3 nitrogen and oxygen atoms in total. The molecule has 0 aromatic carbocycles. The number of anilines is 1. The van der Waals surface area contributed by atoms with Crippen molar-refractivity contribution in [1.82, 2.24) is 0 Å². The Morgan fingerprint density at radius 2 is 2.21 bits per heavy atom. The van der Waals surface area contributed by atoms with Gasteiger partial charge in [0.25, 0.3) is 0 Å². The molecular formula is C10H13NO2S. The molecule has 76 valence electrons. The predicted molar refractivity (Wildman–Crippen MR) is 56.9 cm³/mol. The largest absolute Gasteiger partial charge is 0.481 e. The quantitative estimate of drug-likeness (QED) is 0.814. The molecular weight excluding hydrogens is 198 g/mol. The zero-order chi connectivity index (χ0) is 9.97. The Morgan fingerprint density at radius 1 is 1.50 bits per heavy atom. The highest BCUT2D eigenvalue weighted by Crippen LogP contribution is 2.26. The molecule has 1 saturated heterocycles. The van der Waals surface area contributed by atoms with Crippen molar-refractivity contribution < 1.29 is 9.90 Å². The Labute approximate surface area is 87.0 Å². The van der Waals surface area contributed by atoms with Gasteiger partial charge in [0, 0.05) is 13.1 Å². The lowest BCUT2D eigenvalue weighted by Crippen LogP contribution is -2.35. The third kappa shape index (κ3) is 1.90. The second-order valence-corrected chi connectivity index (χ2v) is 4.48. The maximum absolute atomic E-state index is 10.7. The molecule has 4 heteroatoms. The number of carbonyl (C=O) groups is 1. The van der Waals surface area contributed by atoms with Gasteiger partial charge < -0.3 is 10.0 Å². The summed E-state index contributed by atoms with van der Waals surface area (Å²) in [6, 6.07) is 4.12. The molecule has 1 fully saturated rings. The lowest BCUT2D eigenvalue weighted by Gasteiger charge is -2.30. The SMILES string of the molecule is O=C(O)C1CCN(c2cccs2)CC1. The minimum absolute atomic E-state index is 0.133. The highest BCUT2D eigenvalue weighted by atomic mass is 32.1. The molecule has 1 aliphatic heterocycles. The lowest BCUT2D eigenvalue weighted by atomic mass is 9.97. The molecule has 1 aliphatic rings. The number of nitrogens with zero attached hydrogens (tertiary/aromatic N) is 1. The van der Waals surface area contributed by atoms with Crippen molar-refractivity contribution in [3.63, 3.8) is 0 Å². The van der Waals surface area contributed by atoms with Crippen LogP contribution in [-0.4, -0.2) is 24.2 Å². The van der Waals surface area contributed by atoms with Crippen LogP contribution in [0.4, 0.5) is 5.00 Å². The maximum atomic E-state index is 10.7. The normalized spacial score (nSPS) is 18.4. The minimum atomic E-state index is -0.643. The zero-order valence-corrected chi connectivity index (χ0v) is 8.67. The summed E-state index contributed by atoms with van der Waals surface area (Å²) in [5, 5.41) is 12.2. The van der Waals surface area contributed by atoms with E-state index < -0.39 is 5.97 Å². The average Bonchev–Trinajstić information content (AvgIpc) is 2.71. The van der Waals surface area contributed by atoms with Gasteiger partial charge in [0.1, 0.15) is 0 Å². The third-order valence-electron chi connectivity index (χ3n) is 2.66. The van der Waals surface area contributed by atoms with Crippen molar-refractivity contribution in [2.45, 2.75) is 12.8 Å². The van der Waals surface area contributed by atoms with Crippen LogP contribution in [0.25, 0.3) is 0 Å². The van der Waals surface area contributed by atoms with Crippen LogP contribution < -0.4 is 4.90 Å². The van der Waals surface area contributed by atoms with Gasteiger partial charge in [-0.2, -0.15) is 0 Å². The first-order valence-corrected chi connectivity index (χ1v) is 5.66. The number of rotatable bonds is 2. The molecule has 0 amide bonds. The van der Waals surface area contributed by atoms with Crippen molar-refractivity contribution in [3.05, 3.63) is 17.5 Å². The van der Waals surface area contributed by atoms with Crippen molar-refractivity contribution in [1.29, 1.82) is 0 Å². The fraction of sp³-hybridized carbons (Fsp3) is 0.500. The van der Waals surface area contributed by atoms with Crippen LogP contribution in [0.15, 0.2) is 17.5 Å². The molecule has 0 atom stereocenters. The summed E-state index contributed by atoms with van der Waals surface area (Å²) in [7, 11) is 0. The maximum Gasteiger partial charge on any atom is 0.306 e. The molecule has 0 radical (unpaired) electrons. The van der Waals surface area contributed by atoms with Gasteiger partial charge in [-0.15, -0.1) is 11.3 Å². The molecule has 0 saturated carbocycles. The summed E-state index contributed by atoms with van der Waals surface area (Å²) in [6.07, 6.45) is 1.54. The molecule has 1 N–H and O–H groups in total. The Bertz CT molecular complexity index is 302. The summed E-state index contributed by atoms with van der Waals surface area (Å²) in [5.74, 6) is -0.776. The Kier molecular flexibility index (Phi) is 2.72. The van der Waals surface area contributed by atoms with Gasteiger partial charge in [0.05, 0.1) is 10.9 Å². The van der Waals surface area contributed by atoms with E-state index in [1.165, 1.54) is 5.00 Å². The Hall–Kier alpha value is -1.03. The number of carboxylic acid groups (broad SMARTS) is 1. The fourth-order valence-electron chi connectivity index (χ4n) is 1.80. The smallest absolute Gasteiger partial charge is 0.306 e. The minimum Gasteiger partial charge on any atom is -0.481 e. The van der Waals surface area contributed by atoms with Crippen LogP contribution in [0.2, 0.25) is 0 Å². The molecule has 2 rings (SSSR count). The summed E-state index contributed by atoms with van der Waals surface area (Å²) >= 11 is 1.72.